The van der Waals surface area contributed by atoms with Crippen LogP contribution in [0.25, 0.3) is 11.2 Å². The minimum absolute atomic E-state index is 0.00158. The highest BCUT2D eigenvalue weighted by Gasteiger charge is 2.52. The maximum atomic E-state index is 13.5. The lowest BCUT2D eigenvalue weighted by molar-refractivity contribution is -0.129. The van der Waals surface area contributed by atoms with E-state index in [1.165, 1.54) is 0 Å². The first-order valence-corrected chi connectivity index (χ1v) is 13.0. The van der Waals surface area contributed by atoms with Crippen molar-refractivity contribution in [2.24, 2.45) is 0 Å². The standard InChI is InChI=1S/C20H32ClN5O3Si/c1-9(2)30(10(3)4,11(5)6)29-16-12(7)28-19(15(16)27)26-13(8)23-14-17(22)24-20(21)25-18(14)26/h9-12,16,19H,1-8H3,(H2,22,24,25)/t12-,16-,19-/m1/s1. The van der Waals surface area contributed by atoms with Crippen molar-refractivity contribution in [3.8, 4) is 0 Å². The summed E-state index contributed by atoms with van der Waals surface area (Å²) in [5.41, 5.74) is 7.82. The van der Waals surface area contributed by atoms with E-state index in [0.717, 1.165) is 0 Å². The van der Waals surface area contributed by atoms with E-state index in [2.05, 4.69) is 56.5 Å². The molecule has 166 valence electrons. The minimum atomic E-state index is -2.27. The van der Waals surface area contributed by atoms with Crippen molar-refractivity contribution in [1.82, 2.24) is 19.5 Å². The number of halogens is 1. The molecule has 0 aromatic carbocycles. The lowest BCUT2D eigenvalue weighted by atomic mass is 10.2. The topological polar surface area (TPSA) is 105 Å². The normalized spacial score (nSPS) is 22.9. The molecule has 0 unspecified atom stereocenters. The molecule has 30 heavy (non-hydrogen) atoms. The van der Waals surface area contributed by atoms with Gasteiger partial charge in [-0.25, -0.2) is 4.98 Å². The van der Waals surface area contributed by atoms with Gasteiger partial charge in [0.15, 0.2) is 23.2 Å². The van der Waals surface area contributed by atoms with Gasteiger partial charge in [-0.3, -0.25) is 9.36 Å². The molecule has 1 aliphatic heterocycles. The van der Waals surface area contributed by atoms with Crippen molar-refractivity contribution in [2.45, 2.75) is 90.4 Å². The molecule has 0 spiro atoms. The number of hydrogen-bond acceptors (Lipinski definition) is 7. The van der Waals surface area contributed by atoms with Crippen LogP contribution in [0.1, 0.15) is 60.5 Å². The predicted molar refractivity (Wildman–Crippen MR) is 120 cm³/mol. The number of aromatic nitrogens is 4. The number of imidazole rings is 1. The van der Waals surface area contributed by atoms with Crippen LogP contribution in [0.15, 0.2) is 0 Å². The van der Waals surface area contributed by atoms with Crippen LogP contribution in [0.5, 0.6) is 0 Å². The van der Waals surface area contributed by atoms with Crippen molar-refractivity contribution in [3.63, 3.8) is 0 Å². The third-order valence-corrected chi connectivity index (χ3v) is 12.5. The molecule has 0 aliphatic carbocycles. The molecule has 1 saturated heterocycles. The summed E-state index contributed by atoms with van der Waals surface area (Å²) in [5, 5.41) is -0.00158. The van der Waals surface area contributed by atoms with Gasteiger partial charge < -0.3 is 14.9 Å². The average Bonchev–Trinajstić information content (AvgIpc) is 3.08. The van der Waals surface area contributed by atoms with Gasteiger partial charge in [-0.2, -0.15) is 9.97 Å². The van der Waals surface area contributed by atoms with Crippen molar-refractivity contribution in [3.05, 3.63) is 11.1 Å². The van der Waals surface area contributed by atoms with Crippen molar-refractivity contribution in [2.75, 3.05) is 5.73 Å². The van der Waals surface area contributed by atoms with Crippen LogP contribution in [0.3, 0.4) is 0 Å². The molecule has 8 nitrogen and oxygen atoms in total. The van der Waals surface area contributed by atoms with Crippen LogP contribution < -0.4 is 5.73 Å². The van der Waals surface area contributed by atoms with E-state index in [4.69, 9.17) is 26.5 Å². The second-order valence-corrected chi connectivity index (χ2v) is 14.8. The molecular formula is C20H32ClN5O3Si. The zero-order valence-corrected chi connectivity index (χ0v) is 20.7. The summed E-state index contributed by atoms with van der Waals surface area (Å²) in [7, 11) is -2.27. The molecule has 3 rings (SSSR count). The van der Waals surface area contributed by atoms with Gasteiger partial charge in [0.2, 0.25) is 19.4 Å². The summed E-state index contributed by atoms with van der Waals surface area (Å²) >= 11 is 6.01. The van der Waals surface area contributed by atoms with E-state index < -0.39 is 26.8 Å². The van der Waals surface area contributed by atoms with Crippen LogP contribution in [-0.2, 0) is 14.0 Å². The smallest absolute Gasteiger partial charge is 0.226 e. The number of aryl methyl sites for hydroxylation is 1. The highest BCUT2D eigenvalue weighted by atomic mass is 35.5. The van der Waals surface area contributed by atoms with Gasteiger partial charge in [-0.1, -0.05) is 41.5 Å². The number of ketones is 1. The number of anilines is 1. The number of nitrogens with zero attached hydrogens (tertiary/aromatic N) is 4. The minimum Gasteiger partial charge on any atom is -0.403 e. The van der Waals surface area contributed by atoms with Gasteiger partial charge >= 0.3 is 0 Å². The summed E-state index contributed by atoms with van der Waals surface area (Å²) in [6.07, 6.45) is -1.92. The van der Waals surface area contributed by atoms with Gasteiger partial charge in [0.05, 0.1) is 6.10 Å². The number of hydrogen-bond donors (Lipinski definition) is 1. The molecule has 1 fully saturated rings. The molecule has 1 aliphatic rings. The molecule has 3 atom stereocenters. The number of rotatable bonds is 6. The van der Waals surface area contributed by atoms with Crippen molar-refractivity contribution >= 4 is 42.7 Å². The number of ether oxygens (including phenoxy) is 1. The number of carbonyl (C=O) groups excluding carboxylic acids is 1. The van der Waals surface area contributed by atoms with E-state index in [-0.39, 0.29) is 16.9 Å². The third-order valence-electron chi connectivity index (χ3n) is 6.28. The monoisotopic (exact) mass is 453 g/mol. The van der Waals surface area contributed by atoms with E-state index >= 15 is 0 Å². The number of fused-ring (bicyclic) bond motifs is 1. The van der Waals surface area contributed by atoms with E-state index in [9.17, 15) is 4.79 Å². The lowest BCUT2D eigenvalue weighted by Gasteiger charge is -2.44. The molecule has 0 amide bonds. The molecule has 3 heterocycles. The Morgan fingerprint density at radius 2 is 1.67 bits per heavy atom. The molecule has 2 aromatic rings. The summed E-state index contributed by atoms with van der Waals surface area (Å²) in [6.45, 7) is 16.8. The fourth-order valence-corrected chi connectivity index (χ4v) is 10.8. The van der Waals surface area contributed by atoms with Crippen LogP contribution in [0, 0.1) is 6.92 Å². The third kappa shape index (κ3) is 3.55. The molecule has 0 radical (unpaired) electrons. The highest BCUT2D eigenvalue weighted by molar-refractivity contribution is 6.77. The van der Waals surface area contributed by atoms with Crippen LogP contribution in [0.2, 0.25) is 21.9 Å². The van der Waals surface area contributed by atoms with E-state index in [1.54, 1.807) is 11.5 Å². The second-order valence-electron chi connectivity index (χ2n) is 9.03. The Labute approximate surface area is 183 Å². The van der Waals surface area contributed by atoms with Gasteiger partial charge in [0.1, 0.15) is 11.9 Å². The Morgan fingerprint density at radius 3 is 2.20 bits per heavy atom. The van der Waals surface area contributed by atoms with Crippen molar-refractivity contribution in [1.29, 1.82) is 0 Å². The molecule has 0 saturated carbocycles. The molecule has 2 N–H and O–H groups in total. The maximum Gasteiger partial charge on any atom is 0.226 e. The Morgan fingerprint density at radius 1 is 1.10 bits per heavy atom. The Bertz CT molecular complexity index is 940. The second kappa shape index (κ2) is 8.18. The van der Waals surface area contributed by atoms with E-state index in [0.29, 0.717) is 33.6 Å². The van der Waals surface area contributed by atoms with Gasteiger partial charge in [-0.05, 0) is 42.1 Å². The lowest BCUT2D eigenvalue weighted by Crippen LogP contribution is -2.52. The first kappa shape index (κ1) is 23.1. The fourth-order valence-electron chi connectivity index (χ4n) is 5.04. The Kier molecular flexibility index (Phi) is 6.30. The van der Waals surface area contributed by atoms with Crippen LogP contribution >= 0.6 is 11.6 Å². The van der Waals surface area contributed by atoms with Gasteiger partial charge in [-0.15, -0.1) is 0 Å². The SMILES string of the molecule is Cc1nc2c(N)nc(Cl)nc2n1[C@@H]1O[C@H](C)[C@@H](O[Si](C(C)C)(C(C)C)C(C)C)C1=O. The van der Waals surface area contributed by atoms with E-state index in [1.807, 2.05) is 6.92 Å². The Balaban J connectivity index is 2.03. The first-order chi connectivity index (χ1) is 13.9. The van der Waals surface area contributed by atoms with Crippen molar-refractivity contribution < 1.29 is 14.0 Å². The number of carbonyl (C=O) groups is 1. The average molecular weight is 454 g/mol. The summed E-state index contributed by atoms with van der Waals surface area (Å²) in [5.74, 6) is 0.598. The summed E-state index contributed by atoms with van der Waals surface area (Å²) in [4.78, 5) is 26.2. The van der Waals surface area contributed by atoms with Gasteiger partial charge in [0.25, 0.3) is 0 Å². The number of nitrogen functional groups attached to an aromatic ring is 1. The maximum absolute atomic E-state index is 13.5. The fraction of sp³-hybridized carbons (Fsp3) is 0.700. The zero-order chi connectivity index (χ0) is 22.5. The largest absolute Gasteiger partial charge is 0.403 e. The molecule has 10 heteroatoms. The van der Waals surface area contributed by atoms with Crippen LogP contribution in [0.4, 0.5) is 5.82 Å². The van der Waals surface area contributed by atoms with Crippen LogP contribution in [-0.4, -0.2) is 45.8 Å². The molecule has 2 aromatic heterocycles. The quantitative estimate of drug-likeness (QED) is 0.509. The highest BCUT2D eigenvalue weighted by Crippen LogP contribution is 2.45. The molecular weight excluding hydrogens is 422 g/mol. The Hall–Kier alpha value is -1.55. The predicted octanol–water partition coefficient (Wildman–Crippen LogP) is 4.42. The van der Waals surface area contributed by atoms with Gasteiger partial charge in [0, 0.05) is 0 Å². The molecule has 0 bridgehead atoms. The summed E-state index contributed by atoms with van der Waals surface area (Å²) < 4.78 is 14.5. The zero-order valence-electron chi connectivity index (χ0n) is 18.9. The number of Topliss-reactive ketones (excluding diaryl/α,β-unsaturated/α-hetero) is 1. The summed E-state index contributed by atoms with van der Waals surface area (Å²) in [6, 6.07) is 0. The number of nitrogens with two attached hydrogens (primary N) is 1. The first-order valence-electron chi connectivity index (χ1n) is 10.5.